The van der Waals surface area contributed by atoms with Gasteiger partial charge in [-0.1, -0.05) is 96.3 Å². The molecular weight excluding hydrogens is 428 g/mol. The second kappa shape index (κ2) is 8.31. The molecule has 1 nitrogen and oxygen atoms in total. The summed E-state index contributed by atoms with van der Waals surface area (Å²) in [6, 6.07) is 34.2. The molecule has 32 heavy (non-hydrogen) atoms. The first-order chi connectivity index (χ1) is 15.8. The molecule has 4 aromatic rings. The van der Waals surface area contributed by atoms with Gasteiger partial charge in [0.25, 0.3) is 0 Å². The van der Waals surface area contributed by atoms with E-state index >= 15 is 0 Å². The zero-order valence-electron chi connectivity index (χ0n) is 17.5. The van der Waals surface area contributed by atoms with Crippen LogP contribution in [0.25, 0.3) is 0 Å². The number of ketones is 1. The maximum Gasteiger partial charge on any atom is 0.134 e. The Labute approximate surface area is 197 Å². The first-order valence-corrected chi connectivity index (χ1v) is 12.6. The lowest BCUT2D eigenvalue weighted by Gasteiger charge is -2.30. The molecule has 0 aromatic heterocycles. The molecule has 156 valence electrons. The van der Waals surface area contributed by atoms with Gasteiger partial charge in [-0.2, -0.15) is 0 Å². The zero-order valence-corrected chi connectivity index (χ0v) is 19.2. The van der Waals surface area contributed by atoms with Gasteiger partial charge in [0.05, 0.1) is 0 Å². The summed E-state index contributed by atoms with van der Waals surface area (Å²) in [5, 5.41) is 0. The van der Waals surface area contributed by atoms with Crippen LogP contribution in [0.1, 0.15) is 46.9 Å². The Hall–Kier alpha value is -2.75. The summed E-state index contributed by atoms with van der Waals surface area (Å²) in [5.41, 5.74) is 5.13. The molecule has 0 spiro atoms. The minimum Gasteiger partial charge on any atom is -0.300 e. The lowest BCUT2D eigenvalue weighted by Crippen LogP contribution is -2.17. The Bertz CT molecular complexity index is 1130. The number of benzene rings is 4. The van der Waals surface area contributed by atoms with Crippen LogP contribution >= 0.6 is 23.5 Å². The van der Waals surface area contributed by atoms with E-state index in [9.17, 15) is 4.79 Å². The van der Waals surface area contributed by atoms with E-state index in [4.69, 9.17) is 0 Å². The van der Waals surface area contributed by atoms with E-state index < -0.39 is 0 Å². The SMILES string of the molecule is O=C(CC1c2ccccc2Sc2ccccc21)CC1c2ccccc2Sc2ccccc21. The van der Waals surface area contributed by atoms with Crippen LogP contribution in [-0.2, 0) is 4.79 Å². The van der Waals surface area contributed by atoms with Crippen molar-refractivity contribution in [3.8, 4) is 0 Å². The topological polar surface area (TPSA) is 17.1 Å². The van der Waals surface area contributed by atoms with Crippen molar-refractivity contribution in [1.82, 2.24) is 0 Å². The van der Waals surface area contributed by atoms with E-state index in [1.165, 1.54) is 41.8 Å². The van der Waals surface area contributed by atoms with Gasteiger partial charge in [0.2, 0.25) is 0 Å². The third kappa shape index (κ3) is 3.50. The van der Waals surface area contributed by atoms with E-state index in [0.717, 1.165) is 0 Å². The molecule has 0 atom stereocenters. The summed E-state index contributed by atoms with van der Waals surface area (Å²) in [5.74, 6) is 0.576. The Morgan fingerprint density at radius 2 is 0.781 bits per heavy atom. The lowest BCUT2D eigenvalue weighted by atomic mass is 9.81. The fourth-order valence-electron chi connectivity index (χ4n) is 5.00. The van der Waals surface area contributed by atoms with Crippen LogP contribution in [0.2, 0.25) is 0 Å². The summed E-state index contributed by atoms with van der Waals surface area (Å²) >= 11 is 3.63. The Morgan fingerprint density at radius 3 is 1.09 bits per heavy atom. The monoisotopic (exact) mass is 450 g/mol. The van der Waals surface area contributed by atoms with Gasteiger partial charge >= 0.3 is 0 Å². The second-order valence-corrected chi connectivity index (χ2v) is 10.6. The minimum absolute atomic E-state index is 0.125. The molecule has 3 heteroatoms. The van der Waals surface area contributed by atoms with E-state index in [-0.39, 0.29) is 11.8 Å². The highest BCUT2D eigenvalue weighted by molar-refractivity contribution is 7.99. The van der Waals surface area contributed by atoms with Crippen molar-refractivity contribution in [2.45, 2.75) is 44.3 Å². The van der Waals surface area contributed by atoms with Crippen molar-refractivity contribution < 1.29 is 4.79 Å². The molecule has 0 aliphatic carbocycles. The van der Waals surface area contributed by atoms with Gasteiger partial charge in [0.1, 0.15) is 5.78 Å². The Balaban J connectivity index is 1.34. The van der Waals surface area contributed by atoms with Crippen LogP contribution in [0.3, 0.4) is 0 Å². The molecule has 0 saturated heterocycles. The minimum atomic E-state index is 0.125. The van der Waals surface area contributed by atoms with E-state index in [0.29, 0.717) is 18.6 Å². The van der Waals surface area contributed by atoms with Crippen molar-refractivity contribution in [3.05, 3.63) is 119 Å². The van der Waals surface area contributed by atoms with Crippen molar-refractivity contribution in [3.63, 3.8) is 0 Å². The summed E-state index contributed by atoms with van der Waals surface area (Å²) in [6.07, 6.45) is 1.09. The van der Waals surface area contributed by atoms with E-state index in [1.54, 1.807) is 0 Å². The molecule has 0 N–H and O–H groups in total. The van der Waals surface area contributed by atoms with E-state index in [1.807, 2.05) is 23.5 Å². The summed E-state index contributed by atoms with van der Waals surface area (Å²) in [4.78, 5) is 18.7. The maximum absolute atomic E-state index is 13.6. The third-order valence-electron chi connectivity index (χ3n) is 6.48. The molecule has 0 unspecified atom stereocenters. The smallest absolute Gasteiger partial charge is 0.134 e. The molecule has 0 fully saturated rings. The summed E-state index contributed by atoms with van der Waals surface area (Å²) in [7, 11) is 0. The van der Waals surface area contributed by atoms with Crippen molar-refractivity contribution in [1.29, 1.82) is 0 Å². The maximum atomic E-state index is 13.6. The van der Waals surface area contributed by atoms with Crippen LogP contribution < -0.4 is 0 Å². The molecular formula is C29H22OS2. The van der Waals surface area contributed by atoms with Crippen LogP contribution in [0, 0.1) is 0 Å². The van der Waals surface area contributed by atoms with Crippen molar-refractivity contribution >= 4 is 29.3 Å². The number of carbonyl (C=O) groups excluding carboxylic acids is 1. The van der Waals surface area contributed by atoms with Gasteiger partial charge in [-0.05, 0) is 46.5 Å². The third-order valence-corrected chi connectivity index (χ3v) is 8.85. The second-order valence-electron chi connectivity index (χ2n) is 8.41. The van der Waals surface area contributed by atoms with Gasteiger partial charge in [-0.3, -0.25) is 4.79 Å². The number of carbonyl (C=O) groups is 1. The number of rotatable bonds is 4. The van der Waals surface area contributed by atoms with Crippen LogP contribution in [-0.4, -0.2) is 5.78 Å². The van der Waals surface area contributed by atoms with Crippen LogP contribution in [0.4, 0.5) is 0 Å². The first-order valence-electron chi connectivity index (χ1n) is 11.0. The van der Waals surface area contributed by atoms with Crippen LogP contribution in [0.15, 0.2) is 117 Å². The molecule has 2 aliphatic heterocycles. The molecule has 0 saturated carbocycles. The standard InChI is InChI=1S/C29H22OS2/c30-19(17-24-20-9-1-5-13-26(20)31-27-14-6-2-10-21(24)27)18-25-22-11-3-7-15-28(22)32-29-16-8-4-12-23(25)29/h1-16,24-25H,17-18H2. The molecule has 2 aliphatic rings. The first kappa shape index (κ1) is 19.9. The number of fused-ring (bicyclic) bond motifs is 4. The van der Waals surface area contributed by atoms with E-state index in [2.05, 4.69) is 97.1 Å². The van der Waals surface area contributed by atoms with Gasteiger partial charge in [-0.25, -0.2) is 0 Å². The Morgan fingerprint density at radius 1 is 0.500 bits per heavy atom. The predicted octanol–water partition coefficient (Wildman–Crippen LogP) is 7.93. The molecule has 2 heterocycles. The fraction of sp³-hybridized carbons (Fsp3) is 0.138. The Kier molecular flexibility index (Phi) is 5.17. The summed E-state index contributed by atoms with van der Waals surface area (Å²) < 4.78 is 0. The summed E-state index contributed by atoms with van der Waals surface area (Å²) in [6.45, 7) is 0. The molecule has 0 bridgehead atoms. The molecule has 6 rings (SSSR count). The number of hydrogen-bond acceptors (Lipinski definition) is 3. The average molecular weight is 451 g/mol. The highest BCUT2D eigenvalue weighted by atomic mass is 32.2. The predicted molar refractivity (Wildman–Crippen MR) is 132 cm³/mol. The molecule has 0 radical (unpaired) electrons. The fourth-order valence-corrected chi connectivity index (χ4v) is 7.37. The highest BCUT2D eigenvalue weighted by Gasteiger charge is 2.31. The molecule has 0 amide bonds. The van der Waals surface area contributed by atoms with Gasteiger partial charge < -0.3 is 0 Å². The van der Waals surface area contributed by atoms with Crippen LogP contribution in [0.5, 0.6) is 0 Å². The normalized spacial score (nSPS) is 14.8. The quantitative estimate of drug-likeness (QED) is 0.314. The molecule has 4 aromatic carbocycles. The van der Waals surface area contributed by atoms with Gasteiger partial charge in [0, 0.05) is 44.3 Å². The van der Waals surface area contributed by atoms with Gasteiger partial charge in [-0.15, -0.1) is 0 Å². The van der Waals surface area contributed by atoms with Crippen molar-refractivity contribution in [2.24, 2.45) is 0 Å². The number of Topliss-reactive ketones (excluding diaryl/α,β-unsaturated/α-hetero) is 1. The average Bonchev–Trinajstić information content (AvgIpc) is 2.84. The zero-order chi connectivity index (χ0) is 21.5. The number of hydrogen-bond donors (Lipinski definition) is 0. The lowest BCUT2D eigenvalue weighted by molar-refractivity contribution is -0.119. The van der Waals surface area contributed by atoms with Gasteiger partial charge in [0.15, 0.2) is 0 Å². The highest BCUT2D eigenvalue weighted by Crippen LogP contribution is 2.49. The largest absolute Gasteiger partial charge is 0.300 e. The van der Waals surface area contributed by atoms with Crippen molar-refractivity contribution in [2.75, 3.05) is 0 Å².